The van der Waals surface area contributed by atoms with Crippen molar-refractivity contribution < 1.29 is 9.47 Å². The van der Waals surface area contributed by atoms with Crippen LogP contribution in [0.3, 0.4) is 0 Å². The molecular weight excluding hydrogens is 262 g/mol. The van der Waals surface area contributed by atoms with E-state index in [0.717, 1.165) is 32.6 Å². The number of ether oxygens (including phenoxy) is 2. The summed E-state index contributed by atoms with van der Waals surface area (Å²) in [5.41, 5.74) is 7.39. The Balaban J connectivity index is 1.58. The van der Waals surface area contributed by atoms with E-state index >= 15 is 0 Å². The average Bonchev–Trinajstić information content (AvgIpc) is 3.07. The first kappa shape index (κ1) is 15.0. The van der Waals surface area contributed by atoms with Gasteiger partial charge in [0.25, 0.3) is 0 Å². The molecule has 21 heavy (non-hydrogen) atoms. The minimum absolute atomic E-state index is 0.290. The van der Waals surface area contributed by atoms with E-state index in [4.69, 9.17) is 15.2 Å². The molecule has 4 atom stereocenters. The van der Waals surface area contributed by atoms with Crippen molar-refractivity contribution in [1.82, 2.24) is 0 Å². The quantitative estimate of drug-likeness (QED) is 0.906. The van der Waals surface area contributed by atoms with Gasteiger partial charge >= 0.3 is 0 Å². The predicted molar refractivity (Wildman–Crippen MR) is 84.3 cm³/mol. The van der Waals surface area contributed by atoms with Crippen molar-refractivity contribution in [3.63, 3.8) is 0 Å². The van der Waals surface area contributed by atoms with Crippen LogP contribution < -0.4 is 5.73 Å². The van der Waals surface area contributed by atoms with E-state index in [9.17, 15) is 0 Å². The maximum absolute atomic E-state index is 6.22. The molecule has 1 heterocycles. The van der Waals surface area contributed by atoms with Crippen molar-refractivity contribution >= 4 is 0 Å². The third-order valence-electron chi connectivity index (χ3n) is 5.02. The van der Waals surface area contributed by atoms with Crippen LogP contribution >= 0.6 is 0 Å². The van der Waals surface area contributed by atoms with Crippen LogP contribution in [-0.4, -0.2) is 32.0 Å². The van der Waals surface area contributed by atoms with Crippen LogP contribution in [0.4, 0.5) is 0 Å². The number of rotatable bonds is 5. The third-order valence-corrected chi connectivity index (χ3v) is 5.02. The second-order valence-corrected chi connectivity index (χ2v) is 6.42. The fourth-order valence-corrected chi connectivity index (χ4v) is 3.70. The highest BCUT2D eigenvalue weighted by Gasteiger charge is 2.32. The molecule has 2 fully saturated rings. The Bertz CT molecular complexity index is 416. The summed E-state index contributed by atoms with van der Waals surface area (Å²) in [6, 6.07) is 10.8. The topological polar surface area (TPSA) is 44.5 Å². The Morgan fingerprint density at radius 2 is 2.00 bits per heavy atom. The Hall–Kier alpha value is -0.900. The molecule has 0 aromatic heterocycles. The molecule has 4 unspecified atom stereocenters. The highest BCUT2D eigenvalue weighted by molar-refractivity contribution is 5.20. The van der Waals surface area contributed by atoms with Crippen molar-refractivity contribution in [3.05, 3.63) is 35.9 Å². The highest BCUT2D eigenvalue weighted by atomic mass is 16.5. The Morgan fingerprint density at radius 1 is 1.14 bits per heavy atom. The summed E-state index contributed by atoms with van der Waals surface area (Å²) in [7, 11) is 0. The molecule has 0 radical (unpaired) electrons. The zero-order valence-corrected chi connectivity index (χ0v) is 12.7. The van der Waals surface area contributed by atoms with Gasteiger partial charge in [-0.05, 0) is 56.0 Å². The van der Waals surface area contributed by atoms with Gasteiger partial charge in [-0.25, -0.2) is 0 Å². The smallest absolute Gasteiger partial charge is 0.0809 e. The molecular formula is C18H27NO2. The standard InChI is InChI=1S/C18H27NO2/c19-12-16-9-8-15(14-5-2-1-3-6-14)11-18(16)21-13-17-7-4-10-20-17/h1-3,5-6,15-18H,4,7-13,19H2. The molecule has 1 saturated heterocycles. The summed E-state index contributed by atoms with van der Waals surface area (Å²) in [4.78, 5) is 0. The Kier molecular flexibility index (Phi) is 5.28. The van der Waals surface area contributed by atoms with E-state index in [1.165, 1.54) is 24.8 Å². The van der Waals surface area contributed by atoms with E-state index in [-0.39, 0.29) is 6.10 Å². The number of hydrogen-bond donors (Lipinski definition) is 1. The third kappa shape index (κ3) is 3.85. The lowest BCUT2D eigenvalue weighted by atomic mass is 9.77. The van der Waals surface area contributed by atoms with Crippen molar-refractivity contribution in [2.75, 3.05) is 19.8 Å². The fraction of sp³-hybridized carbons (Fsp3) is 0.667. The summed E-state index contributed by atoms with van der Waals surface area (Å²) in [5.74, 6) is 1.12. The van der Waals surface area contributed by atoms with Crippen LogP contribution in [0.25, 0.3) is 0 Å². The predicted octanol–water partition coefficient (Wildman–Crippen LogP) is 3.09. The summed E-state index contributed by atoms with van der Waals surface area (Å²) >= 11 is 0. The first-order valence-electron chi connectivity index (χ1n) is 8.35. The van der Waals surface area contributed by atoms with E-state index in [0.29, 0.717) is 17.9 Å². The van der Waals surface area contributed by atoms with Crippen LogP contribution in [0.5, 0.6) is 0 Å². The normalized spacial score (nSPS) is 33.2. The van der Waals surface area contributed by atoms with Crippen molar-refractivity contribution in [2.45, 2.75) is 50.2 Å². The van der Waals surface area contributed by atoms with Crippen molar-refractivity contribution in [2.24, 2.45) is 11.7 Å². The zero-order chi connectivity index (χ0) is 14.5. The molecule has 0 amide bonds. The molecule has 116 valence electrons. The van der Waals surface area contributed by atoms with Gasteiger partial charge in [-0.3, -0.25) is 0 Å². The number of benzene rings is 1. The van der Waals surface area contributed by atoms with E-state index in [1.54, 1.807) is 0 Å². The van der Waals surface area contributed by atoms with Gasteiger partial charge in [0.05, 0.1) is 18.8 Å². The minimum atomic E-state index is 0.290. The van der Waals surface area contributed by atoms with Gasteiger partial charge in [-0.1, -0.05) is 30.3 Å². The molecule has 3 heteroatoms. The molecule has 1 saturated carbocycles. The van der Waals surface area contributed by atoms with Crippen LogP contribution in [0.2, 0.25) is 0 Å². The molecule has 0 spiro atoms. The molecule has 0 bridgehead atoms. The lowest BCUT2D eigenvalue weighted by Crippen LogP contribution is -2.37. The molecule has 2 aliphatic rings. The van der Waals surface area contributed by atoms with Gasteiger partial charge in [0, 0.05) is 6.61 Å². The lowest BCUT2D eigenvalue weighted by molar-refractivity contribution is -0.0573. The first-order chi connectivity index (χ1) is 10.4. The minimum Gasteiger partial charge on any atom is -0.376 e. The van der Waals surface area contributed by atoms with Crippen molar-refractivity contribution in [3.8, 4) is 0 Å². The van der Waals surface area contributed by atoms with E-state index < -0.39 is 0 Å². The van der Waals surface area contributed by atoms with Gasteiger partial charge in [-0.2, -0.15) is 0 Å². The number of nitrogens with two attached hydrogens (primary N) is 1. The van der Waals surface area contributed by atoms with Gasteiger partial charge in [0.15, 0.2) is 0 Å². The Labute approximate surface area is 127 Å². The summed E-state index contributed by atoms with van der Waals surface area (Å²) < 4.78 is 11.9. The molecule has 2 N–H and O–H groups in total. The molecule has 3 nitrogen and oxygen atoms in total. The highest BCUT2D eigenvalue weighted by Crippen LogP contribution is 2.37. The van der Waals surface area contributed by atoms with Gasteiger partial charge in [0.2, 0.25) is 0 Å². The summed E-state index contributed by atoms with van der Waals surface area (Å²) in [6.45, 7) is 2.37. The summed E-state index contributed by atoms with van der Waals surface area (Å²) in [6.07, 6.45) is 6.41. The maximum Gasteiger partial charge on any atom is 0.0809 e. The SMILES string of the molecule is NCC1CCC(c2ccccc2)CC1OCC1CCCO1. The van der Waals surface area contributed by atoms with Gasteiger partial charge in [-0.15, -0.1) is 0 Å². The van der Waals surface area contributed by atoms with E-state index in [2.05, 4.69) is 30.3 Å². The van der Waals surface area contributed by atoms with Crippen LogP contribution in [-0.2, 0) is 9.47 Å². The Morgan fingerprint density at radius 3 is 2.71 bits per heavy atom. The van der Waals surface area contributed by atoms with Crippen LogP contribution in [0.15, 0.2) is 30.3 Å². The molecule has 1 aliphatic heterocycles. The monoisotopic (exact) mass is 289 g/mol. The molecule has 1 aliphatic carbocycles. The van der Waals surface area contributed by atoms with Crippen LogP contribution in [0.1, 0.15) is 43.6 Å². The molecule has 1 aromatic carbocycles. The van der Waals surface area contributed by atoms with Crippen LogP contribution in [0, 0.1) is 5.92 Å². The fourth-order valence-electron chi connectivity index (χ4n) is 3.70. The van der Waals surface area contributed by atoms with E-state index in [1.807, 2.05) is 0 Å². The second-order valence-electron chi connectivity index (χ2n) is 6.42. The summed E-state index contributed by atoms with van der Waals surface area (Å²) in [5, 5.41) is 0. The molecule has 3 rings (SSSR count). The first-order valence-corrected chi connectivity index (χ1v) is 8.35. The largest absolute Gasteiger partial charge is 0.376 e. The lowest BCUT2D eigenvalue weighted by Gasteiger charge is -2.36. The van der Waals surface area contributed by atoms with Gasteiger partial charge in [0.1, 0.15) is 0 Å². The molecule has 1 aromatic rings. The maximum atomic E-state index is 6.22. The van der Waals surface area contributed by atoms with Crippen molar-refractivity contribution in [1.29, 1.82) is 0 Å². The number of hydrogen-bond acceptors (Lipinski definition) is 3. The zero-order valence-electron chi connectivity index (χ0n) is 12.7. The second kappa shape index (κ2) is 7.39. The average molecular weight is 289 g/mol. The van der Waals surface area contributed by atoms with Gasteiger partial charge < -0.3 is 15.2 Å².